The number of hydrogen-bond acceptors (Lipinski definition) is 2. The number of aromatic nitrogens is 2. The average molecular weight is 334 g/mol. The van der Waals surface area contributed by atoms with Crippen LogP contribution in [-0.2, 0) is 12.7 Å². The fourth-order valence-electron chi connectivity index (χ4n) is 2.71. The minimum absolute atomic E-state index is 0.0744. The molecule has 126 valence electrons. The zero-order valence-corrected chi connectivity index (χ0v) is 13.6. The number of fused-ring (bicyclic) bond motifs is 1. The second-order valence-corrected chi connectivity index (χ2v) is 5.80. The van der Waals surface area contributed by atoms with Crippen LogP contribution in [0.3, 0.4) is 0 Å². The Morgan fingerprint density at radius 2 is 1.79 bits per heavy atom. The van der Waals surface area contributed by atoms with Gasteiger partial charge in [0.15, 0.2) is 0 Å². The largest absolute Gasteiger partial charge is 0.497 e. The molecule has 0 aliphatic carbocycles. The second kappa shape index (κ2) is 5.85. The van der Waals surface area contributed by atoms with E-state index in [2.05, 4.69) is 4.98 Å². The van der Waals surface area contributed by atoms with Crippen molar-refractivity contribution in [2.45, 2.75) is 26.6 Å². The first kappa shape index (κ1) is 16.4. The molecule has 1 heterocycles. The molecule has 0 aliphatic heterocycles. The number of halogens is 3. The smallest absolute Gasteiger partial charge is 0.449 e. The minimum Gasteiger partial charge on any atom is -0.497 e. The SMILES string of the molecule is COc1cccc(Cn2c(C(F)(F)F)nc3cc(C)c(C)cc32)c1. The van der Waals surface area contributed by atoms with Crippen molar-refractivity contribution in [1.29, 1.82) is 0 Å². The number of alkyl halides is 3. The van der Waals surface area contributed by atoms with E-state index in [1.54, 1.807) is 36.4 Å². The molecular weight excluding hydrogens is 317 g/mol. The molecule has 3 rings (SSSR count). The molecule has 6 heteroatoms. The van der Waals surface area contributed by atoms with Crippen LogP contribution in [0.2, 0.25) is 0 Å². The Bertz CT molecular complexity index is 897. The van der Waals surface area contributed by atoms with Gasteiger partial charge in [0, 0.05) is 6.54 Å². The van der Waals surface area contributed by atoms with Crippen LogP contribution in [0.4, 0.5) is 13.2 Å². The fourth-order valence-corrected chi connectivity index (χ4v) is 2.71. The maximum Gasteiger partial charge on any atom is 0.449 e. The van der Waals surface area contributed by atoms with Crippen LogP contribution in [-0.4, -0.2) is 16.7 Å². The number of rotatable bonds is 3. The number of aryl methyl sites for hydroxylation is 2. The van der Waals surface area contributed by atoms with Crippen molar-refractivity contribution in [2.24, 2.45) is 0 Å². The molecule has 2 aromatic carbocycles. The van der Waals surface area contributed by atoms with Crippen LogP contribution in [0.15, 0.2) is 36.4 Å². The number of ether oxygens (including phenoxy) is 1. The molecule has 0 atom stereocenters. The average Bonchev–Trinajstić information content (AvgIpc) is 2.86. The lowest BCUT2D eigenvalue weighted by molar-refractivity contribution is -0.146. The van der Waals surface area contributed by atoms with Gasteiger partial charge in [-0.25, -0.2) is 4.98 Å². The first-order valence-electron chi connectivity index (χ1n) is 7.47. The van der Waals surface area contributed by atoms with Gasteiger partial charge in [-0.15, -0.1) is 0 Å². The summed E-state index contributed by atoms with van der Waals surface area (Å²) in [7, 11) is 1.53. The Labute approximate surface area is 137 Å². The third-order valence-corrected chi connectivity index (χ3v) is 4.09. The normalized spacial score (nSPS) is 11.9. The molecule has 1 aromatic heterocycles. The summed E-state index contributed by atoms with van der Waals surface area (Å²) in [5.74, 6) is -0.275. The van der Waals surface area contributed by atoms with Gasteiger partial charge in [-0.2, -0.15) is 13.2 Å². The van der Waals surface area contributed by atoms with Gasteiger partial charge in [0.2, 0.25) is 5.82 Å². The van der Waals surface area contributed by atoms with Gasteiger partial charge in [0.25, 0.3) is 0 Å². The van der Waals surface area contributed by atoms with E-state index >= 15 is 0 Å². The Morgan fingerprint density at radius 1 is 1.08 bits per heavy atom. The molecule has 0 spiro atoms. The first-order chi connectivity index (χ1) is 11.3. The summed E-state index contributed by atoms with van der Waals surface area (Å²) in [6.07, 6.45) is -4.51. The van der Waals surface area contributed by atoms with E-state index < -0.39 is 12.0 Å². The summed E-state index contributed by atoms with van der Waals surface area (Å²) in [4.78, 5) is 3.83. The van der Waals surface area contributed by atoms with Crippen molar-refractivity contribution in [2.75, 3.05) is 7.11 Å². The molecule has 0 bridgehead atoms. The van der Waals surface area contributed by atoms with E-state index in [1.807, 2.05) is 13.8 Å². The second-order valence-electron chi connectivity index (χ2n) is 5.80. The summed E-state index contributed by atoms with van der Waals surface area (Å²) in [6.45, 7) is 3.82. The molecule has 24 heavy (non-hydrogen) atoms. The standard InChI is InChI=1S/C18H17F3N2O/c1-11-7-15-16(8-12(11)2)23(17(22-15)18(19,20)21)10-13-5-4-6-14(9-13)24-3/h4-9H,10H2,1-3H3. The first-order valence-corrected chi connectivity index (χ1v) is 7.47. The highest BCUT2D eigenvalue weighted by atomic mass is 19.4. The molecule has 0 unspecified atom stereocenters. The molecule has 0 aliphatic rings. The molecule has 0 amide bonds. The Balaban J connectivity index is 2.18. The molecule has 0 saturated carbocycles. The highest BCUT2D eigenvalue weighted by Crippen LogP contribution is 2.33. The van der Waals surface area contributed by atoms with Crippen molar-refractivity contribution in [3.8, 4) is 5.75 Å². The summed E-state index contributed by atoms with van der Waals surface area (Å²) in [5, 5.41) is 0. The number of methoxy groups -OCH3 is 1. The van der Waals surface area contributed by atoms with Gasteiger partial charge < -0.3 is 9.30 Å². The van der Waals surface area contributed by atoms with Crippen molar-refractivity contribution in [1.82, 2.24) is 9.55 Å². The highest BCUT2D eigenvalue weighted by Gasteiger charge is 2.37. The molecular formula is C18H17F3N2O. The van der Waals surface area contributed by atoms with Gasteiger partial charge >= 0.3 is 6.18 Å². The van der Waals surface area contributed by atoms with E-state index in [1.165, 1.54) is 11.7 Å². The Morgan fingerprint density at radius 3 is 2.46 bits per heavy atom. The third kappa shape index (κ3) is 2.96. The highest BCUT2D eigenvalue weighted by molar-refractivity contribution is 5.78. The summed E-state index contributed by atoms with van der Waals surface area (Å²) in [5.41, 5.74) is 3.41. The number of nitrogens with zero attached hydrogens (tertiary/aromatic N) is 2. The maximum atomic E-state index is 13.4. The molecule has 3 nitrogen and oxygen atoms in total. The lowest BCUT2D eigenvalue weighted by atomic mass is 10.1. The third-order valence-electron chi connectivity index (χ3n) is 4.09. The van der Waals surface area contributed by atoms with E-state index in [9.17, 15) is 13.2 Å². The van der Waals surface area contributed by atoms with Gasteiger partial charge in [-0.05, 0) is 54.8 Å². The molecule has 0 saturated heterocycles. The summed E-state index contributed by atoms with van der Waals surface area (Å²) >= 11 is 0. The fraction of sp³-hybridized carbons (Fsp3) is 0.278. The number of imidazole rings is 1. The Kier molecular flexibility index (Phi) is 3.99. The van der Waals surface area contributed by atoms with E-state index in [0.717, 1.165) is 16.7 Å². The Hall–Kier alpha value is -2.50. The zero-order chi connectivity index (χ0) is 17.5. The molecule has 0 fully saturated rings. The van der Waals surface area contributed by atoms with Crippen molar-refractivity contribution in [3.05, 3.63) is 58.9 Å². The van der Waals surface area contributed by atoms with Crippen molar-refractivity contribution in [3.63, 3.8) is 0 Å². The molecule has 3 aromatic rings. The van der Waals surface area contributed by atoms with Gasteiger partial charge in [0.1, 0.15) is 5.75 Å². The lowest BCUT2D eigenvalue weighted by Gasteiger charge is -2.12. The van der Waals surface area contributed by atoms with E-state index in [-0.39, 0.29) is 6.54 Å². The number of hydrogen-bond donors (Lipinski definition) is 0. The van der Waals surface area contributed by atoms with E-state index in [4.69, 9.17) is 4.74 Å². The van der Waals surface area contributed by atoms with Crippen LogP contribution in [0, 0.1) is 13.8 Å². The number of benzene rings is 2. The van der Waals surface area contributed by atoms with Gasteiger partial charge in [-0.3, -0.25) is 0 Å². The molecule has 0 N–H and O–H groups in total. The van der Waals surface area contributed by atoms with Crippen molar-refractivity contribution >= 4 is 11.0 Å². The van der Waals surface area contributed by atoms with Crippen LogP contribution in [0.1, 0.15) is 22.5 Å². The van der Waals surface area contributed by atoms with Crippen molar-refractivity contribution < 1.29 is 17.9 Å². The quantitative estimate of drug-likeness (QED) is 0.692. The van der Waals surface area contributed by atoms with E-state index in [0.29, 0.717) is 16.8 Å². The van der Waals surface area contributed by atoms with Crippen LogP contribution >= 0.6 is 0 Å². The predicted molar refractivity (Wildman–Crippen MR) is 86.3 cm³/mol. The lowest BCUT2D eigenvalue weighted by Crippen LogP contribution is -2.15. The maximum absolute atomic E-state index is 13.4. The van der Waals surface area contributed by atoms with Crippen LogP contribution < -0.4 is 4.74 Å². The minimum atomic E-state index is -4.51. The predicted octanol–water partition coefficient (Wildman–Crippen LogP) is 4.73. The zero-order valence-electron chi connectivity index (χ0n) is 13.6. The van der Waals surface area contributed by atoms with Crippen LogP contribution in [0.25, 0.3) is 11.0 Å². The summed E-state index contributed by atoms with van der Waals surface area (Å²) in [6, 6.07) is 10.5. The van der Waals surface area contributed by atoms with Gasteiger partial charge in [-0.1, -0.05) is 12.1 Å². The van der Waals surface area contributed by atoms with Gasteiger partial charge in [0.05, 0.1) is 18.1 Å². The van der Waals surface area contributed by atoms with Crippen LogP contribution in [0.5, 0.6) is 5.75 Å². The monoisotopic (exact) mass is 334 g/mol. The topological polar surface area (TPSA) is 27.1 Å². The summed E-state index contributed by atoms with van der Waals surface area (Å²) < 4.78 is 46.6. The molecule has 0 radical (unpaired) electrons.